The fourth-order valence-electron chi connectivity index (χ4n) is 1.90. The van der Waals surface area contributed by atoms with Crippen LogP contribution in [-0.2, 0) is 0 Å². The van der Waals surface area contributed by atoms with Gasteiger partial charge >= 0.3 is 0 Å². The van der Waals surface area contributed by atoms with Gasteiger partial charge in [0.05, 0.1) is 6.61 Å². The van der Waals surface area contributed by atoms with Gasteiger partial charge in [0.1, 0.15) is 5.69 Å². The number of aliphatic imine (C=N–C) groups is 1. The van der Waals surface area contributed by atoms with Gasteiger partial charge in [-0.25, -0.2) is 4.39 Å². The molecule has 0 saturated heterocycles. The largest absolute Gasteiger partial charge is 0.488 e. The first-order chi connectivity index (χ1) is 10.2. The second-order valence-electron chi connectivity index (χ2n) is 4.87. The van der Waals surface area contributed by atoms with E-state index in [1.54, 1.807) is 12.3 Å². The van der Waals surface area contributed by atoms with Crippen LogP contribution in [0.3, 0.4) is 0 Å². The first-order valence-corrected chi connectivity index (χ1v) is 7.79. The van der Waals surface area contributed by atoms with Gasteiger partial charge in [0.25, 0.3) is 0 Å². The van der Waals surface area contributed by atoms with Crippen molar-refractivity contribution in [1.82, 2.24) is 0 Å². The van der Waals surface area contributed by atoms with Gasteiger partial charge in [-0.1, -0.05) is 27.4 Å². The van der Waals surface area contributed by atoms with Gasteiger partial charge in [0.2, 0.25) is 0 Å². The van der Waals surface area contributed by atoms with Crippen LogP contribution in [0.5, 0.6) is 5.75 Å². The Kier molecular flexibility index (Phi) is 7.13. The van der Waals surface area contributed by atoms with Gasteiger partial charge in [0.15, 0.2) is 11.6 Å². The van der Waals surface area contributed by atoms with E-state index >= 15 is 0 Å². The highest BCUT2D eigenvalue weighted by Crippen LogP contribution is 2.39. The standard InChI is InChI=1S/C16H20FNO.C2H6/c1-4-11(3)13-8-9-14(17)16(15(13)18-5-2)19-10-12-6-7-12;1-2/h5,8-9,12H,3-4,6-7,10H2,1-2H3;1-2H3. The van der Waals surface area contributed by atoms with Crippen molar-refractivity contribution in [3.63, 3.8) is 0 Å². The predicted molar refractivity (Wildman–Crippen MR) is 89.1 cm³/mol. The molecule has 2 rings (SSSR count). The van der Waals surface area contributed by atoms with E-state index in [-0.39, 0.29) is 11.6 Å². The van der Waals surface area contributed by atoms with E-state index in [0.717, 1.165) is 17.6 Å². The maximum absolute atomic E-state index is 14.0. The number of halogens is 1. The summed E-state index contributed by atoms with van der Waals surface area (Å²) in [5.41, 5.74) is 2.37. The molecule has 0 aromatic heterocycles. The lowest BCUT2D eigenvalue weighted by Crippen LogP contribution is -2.02. The number of nitrogens with zero attached hydrogens (tertiary/aromatic N) is 1. The summed E-state index contributed by atoms with van der Waals surface area (Å²) in [6, 6.07) is 3.17. The van der Waals surface area contributed by atoms with Crippen molar-refractivity contribution in [1.29, 1.82) is 0 Å². The number of hydrogen-bond acceptors (Lipinski definition) is 2. The molecule has 0 aliphatic heterocycles. The summed E-state index contributed by atoms with van der Waals surface area (Å²) >= 11 is 0. The summed E-state index contributed by atoms with van der Waals surface area (Å²) in [5, 5.41) is 0. The van der Waals surface area contributed by atoms with Crippen molar-refractivity contribution in [3.8, 4) is 5.75 Å². The highest BCUT2D eigenvalue weighted by molar-refractivity contribution is 5.79. The van der Waals surface area contributed by atoms with Crippen LogP contribution in [0.25, 0.3) is 5.57 Å². The molecule has 0 atom stereocenters. The summed E-state index contributed by atoms with van der Waals surface area (Å²) < 4.78 is 19.6. The Labute approximate surface area is 127 Å². The summed E-state index contributed by atoms with van der Waals surface area (Å²) in [7, 11) is 0. The number of benzene rings is 1. The molecule has 0 unspecified atom stereocenters. The average molecular weight is 291 g/mol. The Morgan fingerprint density at radius 1 is 1.43 bits per heavy atom. The van der Waals surface area contributed by atoms with Gasteiger partial charge < -0.3 is 4.74 Å². The Morgan fingerprint density at radius 2 is 2.10 bits per heavy atom. The van der Waals surface area contributed by atoms with Gasteiger partial charge in [0, 0.05) is 11.8 Å². The molecule has 0 radical (unpaired) electrons. The zero-order valence-electron chi connectivity index (χ0n) is 13.6. The minimum atomic E-state index is -0.353. The highest BCUT2D eigenvalue weighted by atomic mass is 19.1. The van der Waals surface area contributed by atoms with Gasteiger partial charge in [-0.05, 0) is 49.8 Å². The third kappa shape index (κ3) is 4.69. The lowest BCUT2D eigenvalue weighted by atomic mass is 10.0. The molecule has 1 aliphatic rings. The molecule has 2 nitrogen and oxygen atoms in total. The molecule has 1 aromatic rings. The minimum Gasteiger partial charge on any atom is -0.488 e. The minimum absolute atomic E-state index is 0.261. The molecule has 1 fully saturated rings. The molecule has 0 spiro atoms. The fraction of sp³-hybridized carbons (Fsp3) is 0.500. The Hall–Kier alpha value is -1.64. The number of hydrogen-bond donors (Lipinski definition) is 0. The second kappa shape index (κ2) is 8.60. The summed E-state index contributed by atoms with van der Waals surface area (Å²) in [5.74, 6) is 0.488. The molecule has 0 amide bonds. The topological polar surface area (TPSA) is 21.6 Å². The zero-order valence-corrected chi connectivity index (χ0v) is 13.6. The lowest BCUT2D eigenvalue weighted by molar-refractivity contribution is 0.286. The third-order valence-electron chi connectivity index (χ3n) is 3.31. The van der Waals surface area contributed by atoms with Crippen molar-refractivity contribution in [2.45, 2.75) is 47.0 Å². The molecule has 0 heterocycles. The molecular formula is C18H26FNO. The van der Waals surface area contributed by atoms with Gasteiger partial charge in [-0.3, -0.25) is 4.99 Å². The normalized spacial score (nSPS) is 13.8. The first kappa shape index (κ1) is 17.4. The van der Waals surface area contributed by atoms with E-state index in [1.165, 1.54) is 18.9 Å². The molecule has 116 valence electrons. The van der Waals surface area contributed by atoms with Crippen molar-refractivity contribution in [3.05, 3.63) is 30.1 Å². The van der Waals surface area contributed by atoms with Crippen LogP contribution in [-0.4, -0.2) is 12.8 Å². The molecule has 3 heteroatoms. The molecule has 1 aromatic carbocycles. The SMILES string of the molecule is C=C(CC)c1ccc(F)c(OCC2CC2)c1N=CC.CC. The maximum atomic E-state index is 14.0. The molecule has 0 bridgehead atoms. The van der Waals surface area contributed by atoms with Crippen LogP contribution in [0.15, 0.2) is 23.7 Å². The Morgan fingerprint density at radius 3 is 2.62 bits per heavy atom. The molecule has 21 heavy (non-hydrogen) atoms. The Balaban J connectivity index is 0.00000106. The quantitative estimate of drug-likeness (QED) is 0.608. The van der Waals surface area contributed by atoms with Crippen LogP contribution in [0.4, 0.5) is 10.1 Å². The smallest absolute Gasteiger partial charge is 0.181 e. The molecule has 1 aliphatic carbocycles. The van der Waals surface area contributed by atoms with Crippen molar-refractivity contribution in [2.75, 3.05) is 6.61 Å². The lowest BCUT2D eigenvalue weighted by Gasteiger charge is -2.14. The maximum Gasteiger partial charge on any atom is 0.181 e. The second-order valence-corrected chi connectivity index (χ2v) is 4.87. The first-order valence-electron chi connectivity index (χ1n) is 7.79. The number of allylic oxidation sites excluding steroid dienone is 1. The highest BCUT2D eigenvalue weighted by Gasteiger charge is 2.24. The van der Waals surface area contributed by atoms with Crippen LogP contribution < -0.4 is 4.74 Å². The number of rotatable bonds is 6. The van der Waals surface area contributed by atoms with E-state index in [1.807, 2.05) is 27.7 Å². The fourth-order valence-corrected chi connectivity index (χ4v) is 1.90. The monoisotopic (exact) mass is 291 g/mol. The average Bonchev–Trinajstić information content (AvgIpc) is 3.33. The predicted octanol–water partition coefficient (Wildman–Crippen LogP) is 5.79. The zero-order chi connectivity index (χ0) is 15.8. The molecule has 0 N–H and O–H groups in total. The summed E-state index contributed by atoms with van der Waals surface area (Å²) in [4.78, 5) is 4.28. The van der Waals surface area contributed by atoms with Gasteiger partial charge in [-0.15, -0.1) is 0 Å². The van der Waals surface area contributed by atoms with Crippen LogP contribution >= 0.6 is 0 Å². The van der Waals surface area contributed by atoms with Crippen LogP contribution in [0, 0.1) is 11.7 Å². The van der Waals surface area contributed by atoms with E-state index in [0.29, 0.717) is 18.2 Å². The summed E-state index contributed by atoms with van der Waals surface area (Å²) in [6.07, 6.45) is 4.82. The van der Waals surface area contributed by atoms with E-state index in [9.17, 15) is 4.39 Å². The van der Waals surface area contributed by atoms with Crippen LogP contribution in [0.2, 0.25) is 0 Å². The van der Waals surface area contributed by atoms with E-state index < -0.39 is 0 Å². The van der Waals surface area contributed by atoms with E-state index in [2.05, 4.69) is 11.6 Å². The number of ether oxygens (including phenoxy) is 1. The summed E-state index contributed by atoms with van der Waals surface area (Å²) in [6.45, 7) is 12.4. The molecule has 1 saturated carbocycles. The Bertz CT molecular complexity index is 504. The van der Waals surface area contributed by atoms with Crippen molar-refractivity contribution >= 4 is 17.5 Å². The van der Waals surface area contributed by atoms with E-state index in [4.69, 9.17) is 4.74 Å². The molecular weight excluding hydrogens is 265 g/mol. The van der Waals surface area contributed by atoms with Crippen molar-refractivity contribution in [2.24, 2.45) is 10.9 Å². The third-order valence-corrected chi connectivity index (χ3v) is 3.31. The van der Waals surface area contributed by atoms with Crippen molar-refractivity contribution < 1.29 is 9.13 Å². The van der Waals surface area contributed by atoms with Gasteiger partial charge in [-0.2, -0.15) is 0 Å². The van der Waals surface area contributed by atoms with Crippen LogP contribution in [0.1, 0.15) is 52.5 Å².